The van der Waals surface area contributed by atoms with Crippen molar-refractivity contribution in [3.05, 3.63) is 53.1 Å². The number of hydrogen-bond donors (Lipinski definition) is 1. The Labute approximate surface area is 135 Å². The summed E-state index contributed by atoms with van der Waals surface area (Å²) < 4.78 is 10.4. The largest absolute Gasteiger partial charge is 0.493 e. The van der Waals surface area contributed by atoms with Crippen LogP contribution < -0.4 is 14.8 Å². The van der Waals surface area contributed by atoms with Gasteiger partial charge in [-0.05, 0) is 25.5 Å². The number of benzene rings is 2. The second-order valence-electron chi connectivity index (χ2n) is 5.17. The van der Waals surface area contributed by atoms with Gasteiger partial charge in [0, 0.05) is 17.3 Å². The van der Waals surface area contributed by atoms with E-state index in [0.717, 1.165) is 11.1 Å². The van der Waals surface area contributed by atoms with E-state index in [1.54, 1.807) is 36.4 Å². The summed E-state index contributed by atoms with van der Waals surface area (Å²) in [4.78, 5) is 24.4. The van der Waals surface area contributed by atoms with Crippen molar-refractivity contribution in [2.45, 2.75) is 13.8 Å². The van der Waals surface area contributed by atoms with Crippen molar-refractivity contribution in [3.8, 4) is 11.5 Å². The number of amides is 1. The molecule has 0 saturated carbocycles. The SMILES string of the molecule is COc1cc(C)c(NC(=O)C(=O)c2ccc(C)cc2)cc1OC. The maximum atomic E-state index is 12.2. The number of aryl methyl sites for hydroxylation is 2. The molecule has 2 aromatic carbocycles. The first-order chi connectivity index (χ1) is 11.0. The number of nitrogens with one attached hydrogen (secondary N) is 1. The molecule has 0 aliphatic heterocycles. The fraction of sp³-hybridized carbons (Fsp3) is 0.222. The molecule has 120 valence electrons. The molecule has 0 unspecified atom stereocenters. The normalized spacial score (nSPS) is 10.1. The van der Waals surface area contributed by atoms with Gasteiger partial charge in [-0.3, -0.25) is 9.59 Å². The zero-order chi connectivity index (χ0) is 17.0. The lowest BCUT2D eigenvalue weighted by molar-refractivity contribution is -0.112. The van der Waals surface area contributed by atoms with Gasteiger partial charge >= 0.3 is 0 Å². The van der Waals surface area contributed by atoms with E-state index in [9.17, 15) is 9.59 Å². The molecule has 2 aromatic rings. The van der Waals surface area contributed by atoms with Crippen LogP contribution in [0.4, 0.5) is 5.69 Å². The maximum Gasteiger partial charge on any atom is 0.296 e. The highest BCUT2D eigenvalue weighted by atomic mass is 16.5. The fourth-order valence-electron chi connectivity index (χ4n) is 2.13. The van der Waals surface area contributed by atoms with Gasteiger partial charge in [0.2, 0.25) is 0 Å². The standard InChI is InChI=1S/C18H19NO4/c1-11-5-7-13(8-6-11)17(20)18(21)19-14-10-16(23-4)15(22-3)9-12(14)2/h5-10H,1-4H3,(H,19,21). The Balaban J connectivity index is 2.22. The van der Waals surface area contributed by atoms with Crippen LogP contribution in [-0.2, 0) is 4.79 Å². The number of ketones is 1. The summed E-state index contributed by atoms with van der Waals surface area (Å²) in [5.41, 5.74) is 2.66. The number of hydrogen-bond acceptors (Lipinski definition) is 4. The molecule has 0 radical (unpaired) electrons. The molecule has 1 N–H and O–H groups in total. The van der Waals surface area contributed by atoms with Gasteiger partial charge in [0.05, 0.1) is 14.2 Å². The molecule has 0 aliphatic carbocycles. The van der Waals surface area contributed by atoms with E-state index < -0.39 is 11.7 Å². The average molecular weight is 313 g/mol. The predicted octanol–water partition coefficient (Wildman–Crippen LogP) is 3.14. The molecule has 0 spiro atoms. The molecule has 0 heterocycles. The van der Waals surface area contributed by atoms with Crippen LogP contribution in [0.5, 0.6) is 11.5 Å². The summed E-state index contributed by atoms with van der Waals surface area (Å²) >= 11 is 0. The highest BCUT2D eigenvalue weighted by Crippen LogP contribution is 2.32. The Morgan fingerprint density at radius 1 is 0.913 bits per heavy atom. The van der Waals surface area contributed by atoms with Crippen LogP contribution >= 0.6 is 0 Å². The van der Waals surface area contributed by atoms with E-state index in [2.05, 4.69) is 5.32 Å². The number of Topliss-reactive ketones (excluding diaryl/α,β-unsaturated/α-hetero) is 1. The van der Waals surface area contributed by atoms with Crippen molar-refractivity contribution >= 4 is 17.4 Å². The van der Waals surface area contributed by atoms with Crippen molar-refractivity contribution in [2.24, 2.45) is 0 Å². The quantitative estimate of drug-likeness (QED) is 0.680. The molecule has 0 aliphatic rings. The van der Waals surface area contributed by atoms with E-state index >= 15 is 0 Å². The van der Waals surface area contributed by atoms with Crippen LogP contribution in [0.15, 0.2) is 36.4 Å². The molecule has 0 bridgehead atoms. The zero-order valence-corrected chi connectivity index (χ0v) is 13.6. The van der Waals surface area contributed by atoms with E-state index in [4.69, 9.17) is 9.47 Å². The molecule has 0 fully saturated rings. The van der Waals surface area contributed by atoms with Gasteiger partial charge in [0.1, 0.15) is 0 Å². The number of methoxy groups -OCH3 is 2. The summed E-state index contributed by atoms with van der Waals surface area (Å²) in [5.74, 6) is -0.229. The van der Waals surface area contributed by atoms with Crippen molar-refractivity contribution in [3.63, 3.8) is 0 Å². The molecule has 2 rings (SSSR count). The summed E-state index contributed by atoms with van der Waals surface area (Å²) in [6, 6.07) is 10.2. The summed E-state index contributed by atoms with van der Waals surface area (Å²) in [7, 11) is 3.05. The van der Waals surface area contributed by atoms with Crippen LogP contribution in [0.1, 0.15) is 21.5 Å². The minimum absolute atomic E-state index is 0.353. The number of anilines is 1. The smallest absolute Gasteiger partial charge is 0.296 e. The molecule has 5 heteroatoms. The molecule has 0 saturated heterocycles. The minimum Gasteiger partial charge on any atom is -0.493 e. The molecule has 23 heavy (non-hydrogen) atoms. The van der Waals surface area contributed by atoms with Crippen LogP contribution in [-0.4, -0.2) is 25.9 Å². The maximum absolute atomic E-state index is 12.2. The molecule has 5 nitrogen and oxygen atoms in total. The predicted molar refractivity (Wildman–Crippen MR) is 88.4 cm³/mol. The lowest BCUT2D eigenvalue weighted by Gasteiger charge is -2.13. The van der Waals surface area contributed by atoms with Gasteiger partial charge in [0.25, 0.3) is 11.7 Å². The topological polar surface area (TPSA) is 64.6 Å². The fourth-order valence-corrected chi connectivity index (χ4v) is 2.13. The van der Waals surface area contributed by atoms with E-state index in [-0.39, 0.29) is 0 Å². The molecular formula is C18H19NO4. The van der Waals surface area contributed by atoms with Crippen molar-refractivity contribution in [2.75, 3.05) is 19.5 Å². The molecule has 0 aromatic heterocycles. The molecule has 0 atom stereocenters. The number of rotatable bonds is 5. The Morgan fingerprint density at radius 3 is 2.04 bits per heavy atom. The Hall–Kier alpha value is -2.82. The molecule has 1 amide bonds. The highest BCUT2D eigenvalue weighted by Gasteiger charge is 2.18. The number of ether oxygens (including phenoxy) is 2. The van der Waals surface area contributed by atoms with Gasteiger partial charge < -0.3 is 14.8 Å². The first-order valence-electron chi connectivity index (χ1n) is 7.11. The van der Waals surface area contributed by atoms with Gasteiger partial charge in [0.15, 0.2) is 11.5 Å². The van der Waals surface area contributed by atoms with Gasteiger partial charge in [-0.2, -0.15) is 0 Å². The van der Waals surface area contributed by atoms with Gasteiger partial charge in [-0.1, -0.05) is 29.8 Å². The van der Waals surface area contributed by atoms with Crippen molar-refractivity contribution in [1.82, 2.24) is 0 Å². The van der Waals surface area contributed by atoms with Gasteiger partial charge in [-0.25, -0.2) is 0 Å². The van der Waals surface area contributed by atoms with Crippen LogP contribution in [0.2, 0.25) is 0 Å². The number of carbonyl (C=O) groups excluding carboxylic acids is 2. The number of carbonyl (C=O) groups is 2. The van der Waals surface area contributed by atoms with Gasteiger partial charge in [-0.15, -0.1) is 0 Å². The van der Waals surface area contributed by atoms with Crippen LogP contribution in [0.3, 0.4) is 0 Å². The Morgan fingerprint density at radius 2 is 1.48 bits per heavy atom. The minimum atomic E-state index is -0.691. The van der Waals surface area contributed by atoms with E-state index in [1.165, 1.54) is 14.2 Å². The third-order valence-electron chi connectivity index (χ3n) is 3.50. The van der Waals surface area contributed by atoms with Crippen molar-refractivity contribution < 1.29 is 19.1 Å². The second kappa shape index (κ2) is 6.96. The van der Waals surface area contributed by atoms with Crippen LogP contribution in [0, 0.1) is 13.8 Å². The summed E-state index contributed by atoms with van der Waals surface area (Å²) in [6.07, 6.45) is 0. The Kier molecular flexibility index (Phi) is 5.01. The molecular weight excluding hydrogens is 294 g/mol. The monoisotopic (exact) mass is 313 g/mol. The lowest BCUT2D eigenvalue weighted by atomic mass is 10.1. The van der Waals surface area contributed by atoms with Crippen LogP contribution in [0.25, 0.3) is 0 Å². The zero-order valence-electron chi connectivity index (χ0n) is 13.6. The average Bonchev–Trinajstić information content (AvgIpc) is 2.56. The summed E-state index contributed by atoms with van der Waals surface area (Å²) in [5, 5.41) is 2.63. The summed E-state index contributed by atoms with van der Waals surface area (Å²) in [6.45, 7) is 3.73. The third-order valence-corrected chi connectivity index (χ3v) is 3.50. The second-order valence-corrected chi connectivity index (χ2v) is 5.17. The van der Waals surface area contributed by atoms with E-state index in [1.807, 2.05) is 13.8 Å². The van der Waals surface area contributed by atoms with E-state index in [0.29, 0.717) is 22.7 Å². The first kappa shape index (κ1) is 16.5. The highest BCUT2D eigenvalue weighted by molar-refractivity contribution is 6.46. The Bertz CT molecular complexity index is 735. The first-order valence-corrected chi connectivity index (χ1v) is 7.11. The van der Waals surface area contributed by atoms with Crippen molar-refractivity contribution in [1.29, 1.82) is 0 Å². The lowest BCUT2D eigenvalue weighted by Crippen LogP contribution is -2.23. The third kappa shape index (κ3) is 3.69.